The molecule has 1 aliphatic rings. The van der Waals surface area contributed by atoms with Crippen molar-refractivity contribution in [2.45, 2.75) is 43.7 Å². The van der Waals surface area contributed by atoms with E-state index in [1.54, 1.807) is 19.1 Å². The summed E-state index contributed by atoms with van der Waals surface area (Å²) in [6.45, 7) is 3.32. The first-order valence-corrected chi connectivity index (χ1v) is 8.29. The minimum Gasteiger partial charge on any atom is -0.495 e. The second-order valence-corrected chi connectivity index (χ2v) is 6.96. The second-order valence-electron chi connectivity index (χ2n) is 5.28. The predicted octanol–water partition coefficient (Wildman–Crippen LogP) is 0.949. The van der Waals surface area contributed by atoms with Crippen molar-refractivity contribution in [2.24, 2.45) is 0 Å². The lowest BCUT2D eigenvalue weighted by Crippen LogP contribution is -2.45. The number of hydrogen-bond donors (Lipinski definition) is 2. The Morgan fingerprint density at radius 2 is 2.05 bits per heavy atom. The minimum atomic E-state index is -3.82. The van der Waals surface area contributed by atoms with Crippen molar-refractivity contribution in [3.8, 4) is 5.75 Å². The molecule has 0 spiro atoms. The summed E-state index contributed by atoms with van der Waals surface area (Å²) in [4.78, 5) is 11.9. The SMILES string of the molecule is COc1ccc(C)cc1S(=O)(=O)N[C@H](C)C(=O)NC1CC1. The van der Waals surface area contributed by atoms with E-state index in [4.69, 9.17) is 4.74 Å². The van der Waals surface area contributed by atoms with Gasteiger partial charge in [0.15, 0.2) is 0 Å². The lowest BCUT2D eigenvalue weighted by Gasteiger charge is -2.16. The van der Waals surface area contributed by atoms with E-state index in [1.807, 2.05) is 0 Å². The maximum atomic E-state index is 12.4. The number of sulfonamides is 1. The Balaban J connectivity index is 2.17. The van der Waals surface area contributed by atoms with Crippen LogP contribution < -0.4 is 14.8 Å². The summed E-state index contributed by atoms with van der Waals surface area (Å²) >= 11 is 0. The smallest absolute Gasteiger partial charge is 0.244 e. The molecule has 0 aromatic heterocycles. The Morgan fingerprint density at radius 3 is 2.62 bits per heavy atom. The van der Waals surface area contributed by atoms with Crippen molar-refractivity contribution in [3.05, 3.63) is 23.8 Å². The molecule has 0 bridgehead atoms. The van der Waals surface area contributed by atoms with E-state index in [9.17, 15) is 13.2 Å². The van der Waals surface area contributed by atoms with E-state index in [1.165, 1.54) is 20.1 Å². The van der Waals surface area contributed by atoms with Crippen LogP contribution in [0.25, 0.3) is 0 Å². The van der Waals surface area contributed by atoms with Gasteiger partial charge in [-0.3, -0.25) is 4.79 Å². The molecule has 0 heterocycles. The van der Waals surface area contributed by atoms with Crippen LogP contribution in [-0.2, 0) is 14.8 Å². The van der Waals surface area contributed by atoms with Crippen molar-refractivity contribution >= 4 is 15.9 Å². The first-order chi connectivity index (χ1) is 9.83. The van der Waals surface area contributed by atoms with Crippen LogP contribution in [0.3, 0.4) is 0 Å². The zero-order valence-corrected chi connectivity index (χ0v) is 13.2. The predicted molar refractivity (Wildman–Crippen MR) is 78.7 cm³/mol. The highest BCUT2D eigenvalue weighted by Crippen LogP contribution is 2.25. The summed E-state index contributed by atoms with van der Waals surface area (Å²) in [7, 11) is -2.41. The van der Waals surface area contributed by atoms with E-state index >= 15 is 0 Å². The Kier molecular flexibility index (Phi) is 4.53. The largest absolute Gasteiger partial charge is 0.495 e. The van der Waals surface area contributed by atoms with Gasteiger partial charge in [0.25, 0.3) is 0 Å². The number of nitrogens with one attached hydrogen (secondary N) is 2. The number of aryl methyl sites for hydroxylation is 1. The van der Waals surface area contributed by atoms with Gasteiger partial charge in [-0.1, -0.05) is 6.07 Å². The molecular formula is C14H20N2O4S. The molecule has 1 aromatic carbocycles. The van der Waals surface area contributed by atoms with E-state index in [0.717, 1.165) is 18.4 Å². The van der Waals surface area contributed by atoms with E-state index in [2.05, 4.69) is 10.0 Å². The molecule has 116 valence electrons. The molecule has 21 heavy (non-hydrogen) atoms. The summed E-state index contributed by atoms with van der Waals surface area (Å²) in [6.07, 6.45) is 1.91. The summed E-state index contributed by atoms with van der Waals surface area (Å²) in [6, 6.07) is 4.24. The van der Waals surface area contributed by atoms with E-state index < -0.39 is 16.1 Å². The third kappa shape index (κ3) is 3.95. The topological polar surface area (TPSA) is 84.5 Å². The molecule has 7 heteroatoms. The molecule has 1 atom stereocenters. The average molecular weight is 312 g/mol. The normalized spacial score (nSPS) is 16.3. The van der Waals surface area contributed by atoms with Crippen LogP contribution in [0.15, 0.2) is 23.1 Å². The van der Waals surface area contributed by atoms with Gasteiger partial charge in [0.2, 0.25) is 15.9 Å². The highest BCUT2D eigenvalue weighted by molar-refractivity contribution is 7.89. The molecule has 1 fully saturated rings. The molecule has 1 saturated carbocycles. The summed E-state index contributed by atoms with van der Waals surface area (Å²) in [5.74, 6) is -0.0596. The van der Waals surface area contributed by atoms with Gasteiger partial charge in [0.05, 0.1) is 13.2 Å². The average Bonchev–Trinajstić information content (AvgIpc) is 3.22. The Labute approximate surface area is 124 Å². The van der Waals surface area contributed by atoms with Crippen LogP contribution in [0.2, 0.25) is 0 Å². The molecule has 2 rings (SSSR count). The van der Waals surface area contributed by atoms with Crippen LogP contribution in [0.1, 0.15) is 25.3 Å². The van der Waals surface area contributed by atoms with Gasteiger partial charge >= 0.3 is 0 Å². The second kappa shape index (κ2) is 6.03. The van der Waals surface area contributed by atoms with E-state index in [-0.39, 0.29) is 22.6 Å². The monoisotopic (exact) mass is 312 g/mol. The maximum Gasteiger partial charge on any atom is 0.244 e. The number of methoxy groups -OCH3 is 1. The summed E-state index contributed by atoms with van der Waals surface area (Å²) in [5.41, 5.74) is 0.797. The van der Waals surface area contributed by atoms with Gasteiger partial charge in [-0.2, -0.15) is 4.72 Å². The van der Waals surface area contributed by atoms with Crippen LogP contribution in [0.4, 0.5) is 0 Å². The third-order valence-corrected chi connectivity index (χ3v) is 4.82. The van der Waals surface area contributed by atoms with Gasteiger partial charge in [0.1, 0.15) is 10.6 Å². The lowest BCUT2D eigenvalue weighted by molar-refractivity contribution is -0.122. The third-order valence-electron chi connectivity index (χ3n) is 3.26. The van der Waals surface area contributed by atoms with Crippen LogP contribution in [0, 0.1) is 6.92 Å². The number of hydrogen-bond acceptors (Lipinski definition) is 4. The highest BCUT2D eigenvalue weighted by atomic mass is 32.2. The first-order valence-electron chi connectivity index (χ1n) is 6.81. The molecule has 6 nitrogen and oxygen atoms in total. The first kappa shape index (κ1) is 15.8. The van der Waals surface area contributed by atoms with Crippen molar-refractivity contribution in [2.75, 3.05) is 7.11 Å². The quantitative estimate of drug-likeness (QED) is 0.819. The molecule has 0 radical (unpaired) electrons. The molecule has 0 saturated heterocycles. The fourth-order valence-electron chi connectivity index (χ4n) is 1.90. The number of amides is 1. The van der Waals surface area contributed by atoms with Crippen LogP contribution in [0.5, 0.6) is 5.75 Å². The number of carbonyl (C=O) groups excluding carboxylic acids is 1. The fraction of sp³-hybridized carbons (Fsp3) is 0.500. The van der Waals surface area contributed by atoms with Gasteiger partial charge in [-0.15, -0.1) is 0 Å². The molecule has 1 aliphatic carbocycles. The Hall–Kier alpha value is -1.60. The van der Waals surface area contributed by atoms with Crippen LogP contribution >= 0.6 is 0 Å². The van der Waals surface area contributed by atoms with E-state index in [0.29, 0.717) is 0 Å². The van der Waals surface area contributed by atoms with Crippen molar-refractivity contribution in [3.63, 3.8) is 0 Å². The van der Waals surface area contributed by atoms with Gasteiger partial charge in [-0.05, 0) is 44.4 Å². The maximum absolute atomic E-state index is 12.4. The lowest BCUT2D eigenvalue weighted by atomic mass is 10.2. The molecule has 2 N–H and O–H groups in total. The summed E-state index contributed by atoms with van der Waals surface area (Å²) in [5, 5.41) is 2.77. The van der Waals surface area contributed by atoms with Gasteiger partial charge < -0.3 is 10.1 Å². The summed E-state index contributed by atoms with van der Waals surface area (Å²) < 4.78 is 32.3. The molecule has 1 aromatic rings. The Bertz CT molecular complexity index is 638. The molecule has 0 unspecified atom stereocenters. The fourth-order valence-corrected chi connectivity index (χ4v) is 3.35. The van der Waals surface area contributed by atoms with Crippen molar-refractivity contribution in [1.29, 1.82) is 0 Å². The highest BCUT2D eigenvalue weighted by Gasteiger charge is 2.29. The van der Waals surface area contributed by atoms with Gasteiger partial charge in [0, 0.05) is 6.04 Å². The minimum absolute atomic E-state index is 0.0380. The van der Waals surface area contributed by atoms with Crippen molar-refractivity contribution in [1.82, 2.24) is 10.0 Å². The standard InChI is InChI=1S/C14H20N2O4S/c1-9-4-7-12(20-3)13(8-9)21(18,19)16-10(2)14(17)15-11-5-6-11/h4,7-8,10-11,16H,5-6H2,1-3H3,(H,15,17)/t10-/m1/s1. The zero-order chi connectivity index (χ0) is 15.6. The number of carbonyl (C=O) groups is 1. The molecule has 0 aliphatic heterocycles. The number of benzene rings is 1. The molecule has 1 amide bonds. The number of rotatable bonds is 6. The number of ether oxygens (including phenoxy) is 1. The zero-order valence-electron chi connectivity index (χ0n) is 12.3. The van der Waals surface area contributed by atoms with Crippen LogP contribution in [-0.4, -0.2) is 33.5 Å². The van der Waals surface area contributed by atoms with Crippen molar-refractivity contribution < 1.29 is 17.9 Å². The van der Waals surface area contributed by atoms with Gasteiger partial charge in [-0.25, -0.2) is 8.42 Å². The molecular weight excluding hydrogens is 292 g/mol. The Morgan fingerprint density at radius 1 is 1.38 bits per heavy atom.